The monoisotopic (exact) mass is 524 g/mol. The molecule has 1 aliphatic rings. The van der Waals surface area contributed by atoms with Crippen LogP contribution in [0.1, 0.15) is 23.6 Å². The molecule has 0 saturated carbocycles. The molecule has 194 valence electrons. The highest BCUT2D eigenvalue weighted by Crippen LogP contribution is 2.34. The molecule has 5 aromatic rings. The van der Waals surface area contributed by atoms with Crippen LogP contribution in [-0.4, -0.2) is 26.5 Å². The van der Waals surface area contributed by atoms with Crippen molar-refractivity contribution in [1.29, 1.82) is 5.26 Å². The number of rotatable bonds is 5. The highest BCUT2D eigenvalue weighted by molar-refractivity contribution is 6.19. The number of carbonyl (C=O) groups excluding carboxylic acids is 2. The average molecular weight is 525 g/mol. The maximum absolute atomic E-state index is 13.8. The van der Waals surface area contributed by atoms with Crippen LogP contribution in [0.2, 0.25) is 0 Å². The smallest absolute Gasteiger partial charge is 0.271 e. The molecule has 7 heteroatoms. The van der Waals surface area contributed by atoms with Gasteiger partial charge in [0.2, 0.25) is 0 Å². The SMILES string of the molecule is CC1=C(C#N)C(=O)N(Cc2ccc(C)cc2)C(=O)/C1=C/c1cn(-c2ccccc2)nc1-c1cc2ccccc2o1. The molecule has 0 atom stereocenters. The lowest BCUT2D eigenvalue weighted by atomic mass is 9.93. The van der Waals surface area contributed by atoms with Crippen LogP contribution in [-0.2, 0) is 16.1 Å². The summed E-state index contributed by atoms with van der Waals surface area (Å²) in [6.45, 7) is 3.66. The van der Waals surface area contributed by atoms with Gasteiger partial charge in [0, 0.05) is 22.7 Å². The Kier molecular flexibility index (Phi) is 6.21. The van der Waals surface area contributed by atoms with Crippen molar-refractivity contribution in [1.82, 2.24) is 14.7 Å². The number of fused-ring (bicyclic) bond motifs is 1. The lowest BCUT2D eigenvalue weighted by Crippen LogP contribution is -2.42. The van der Waals surface area contributed by atoms with Gasteiger partial charge in [0.25, 0.3) is 11.8 Å². The molecule has 0 unspecified atom stereocenters. The lowest BCUT2D eigenvalue weighted by molar-refractivity contribution is -0.141. The van der Waals surface area contributed by atoms with E-state index in [1.807, 2.05) is 104 Å². The number of para-hydroxylation sites is 2. The van der Waals surface area contributed by atoms with Crippen LogP contribution in [0.3, 0.4) is 0 Å². The summed E-state index contributed by atoms with van der Waals surface area (Å²) >= 11 is 0. The Morgan fingerprint density at radius 2 is 1.65 bits per heavy atom. The van der Waals surface area contributed by atoms with Gasteiger partial charge in [0.15, 0.2) is 5.76 Å². The van der Waals surface area contributed by atoms with Gasteiger partial charge < -0.3 is 4.42 Å². The van der Waals surface area contributed by atoms with E-state index in [0.717, 1.165) is 32.7 Å². The molecule has 0 bridgehead atoms. The first-order chi connectivity index (χ1) is 19.4. The standard InChI is InChI=1S/C33H24N4O3/c1-21-12-14-23(15-13-21)19-36-32(38)27(22(2)28(18-34)33(36)39)16-25-20-37(26-9-4-3-5-10-26)35-31(25)30-17-24-8-6-7-11-29(24)40-30/h3-17,20H,19H2,1-2H3/b27-16+. The predicted octanol–water partition coefficient (Wildman–Crippen LogP) is 6.39. The van der Waals surface area contributed by atoms with E-state index in [9.17, 15) is 14.9 Å². The van der Waals surface area contributed by atoms with Gasteiger partial charge in [-0.1, -0.05) is 66.2 Å². The van der Waals surface area contributed by atoms with Crippen LogP contribution < -0.4 is 0 Å². The number of nitriles is 1. The van der Waals surface area contributed by atoms with E-state index in [-0.39, 0.29) is 17.7 Å². The van der Waals surface area contributed by atoms with Crippen LogP contribution in [0, 0.1) is 18.3 Å². The number of benzene rings is 3. The van der Waals surface area contributed by atoms with Crippen molar-refractivity contribution in [2.45, 2.75) is 20.4 Å². The van der Waals surface area contributed by atoms with Crippen LogP contribution in [0.4, 0.5) is 0 Å². The van der Waals surface area contributed by atoms with Gasteiger partial charge in [-0.15, -0.1) is 0 Å². The van der Waals surface area contributed by atoms with Gasteiger partial charge in [-0.2, -0.15) is 10.4 Å². The molecule has 3 heterocycles. The fourth-order valence-electron chi connectivity index (χ4n) is 4.80. The van der Waals surface area contributed by atoms with Crippen molar-refractivity contribution < 1.29 is 14.0 Å². The van der Waals surface area contributed by atoms with Crippen LogP contribution in [0.25, 0.3) is 34.2 Å². The molecule has 7 nitrogen and oxygen atoms in total. The normalized spacial score (nSPS) is 14.8. The van der Waals surface area contributed by atoms with Gasteiger partial charge in [-0.05, 0) is 55.3 Å². The minimum Gasteiger partial charge on any atom is -0.454 e. The molecular weight excluding hydrogens is 500 g/mol. The fourth-order valence-corrected chi connectivity index (χ4v) is 4.80. The Bertz CT molecular complexity index is 1850. The highest BCUT2D eigenvalue weighted by Gasteiger charge is 2.36. The number of aromatic nitrogens is 2. The third-order valence-electron chi connectivity index (χ3n) is 7.01. The van der Waals surface area contributed by atoms with E-state index in [2.05, 4.69) is 0 Å². The zero-order valence-electron chi connectivity index (χ0n) is 22.0. The van der Waals surface area contributed by atoms with Gasteiger partial charge in [-0.3, -0.25) is 14.5 Å². The predicted molar refractivity (Wildman–Crippen MR) is 152 cm³/mol. The van der Waals surface area contributed by atoms with E-state index in [0.29, 0.717) is 22.6 Å². The van der Waals surface area contributed by atoms with E-state index in [1.54, 1.807) is 17.7 Å². The van der Waals surface area contributed by atoms with Crippen molar-refractivity contribution in [2.75, 3.05) is 0 Å². The zero-order valence-corrected chi connectivity index (χ0v) is 22.0. The number of carbonyl (C=O) groups is 2. The van der Waals surface area contributed by atoms with E-state index >= 15 is 0 Å². The minimum atomic E-state index is -0.597. The third-order valence-corrected chi connectivity index (χ3v) is 7.01. The molecule has 2 amide bonds. The number of aryl methyl sites for hydroxylation is 1. The molecule has 0 spiro atoms. The second-order valence-electron chi connectivity index (χ2n) is 9.71. The molecule has 0 saturated heterocycles. The summed E-state index contributed by atoms with van der Waals surface area (Å²) in [4.78, 5) is 28.1. The molecule has 0 N–H and O–H groups in total. The first kappa shape index (κ1) is 24.8. The summed E-state index contributed by atoms with van der Waals surface area (Å²) in [5.41, 5.74) is 5.11. The van der Waals surface area contributed by atoms with E-state index in [4.69, 9.17) is 9.52 Å². The molecule has 0 fully saturated rings. The number of furan rings is 1. The van der Waals surface area contributed by atoms with Crippen molar-refractivity contribution >= 4 is 28.9 Å². The number of hydrogen-bond donors (Lipinski definition) is 0. The number of imide groups is 1. The Labute approximate surface area is 230 Å². The van der Waals surface area contributed by atoms with Crippen molar-refractivity contribution in [3.63, 3.8) is 0 Å². The number of nitrogens with zero attached hydrogens (tertiary/aromatic N) is 4. The van der Waals surface area contributed by atoms with Crippen LogP contribution >= 0.6 is 0 Å². The van der Waals surface area contributed by atoms with E-state index in [1.165, 1.54) is 0 Å². The van der Waals surface area contributed by atoms with Gasteiger partial charge in [0.1, 0.15) is 22.9 Å². The van der Waals surface area contributed by atoms with Crippen LogP contribution in [0.15, 0.2) is 112 Å². The third kappa shape index (κ3) is 4.42. The molecule has 40 heavy (non-hydrogen) atoms. The summed E-state index contributed by atoms with van der Waals surface area (Å²) in [6, 6.07) is 28.8. The molecule has 1 aliphatic heterocycles. The maximum Gasteiger partial charge on any atom is 0.271 e. The number of hydrogen-bond acceptors (Lipinski definition) is 5. The average Bonchev–Trinajstić information content (AvgIpc) is 3.59. The molecule has 0 radical (unpaired) electrons. The van der Waals surface area contributed by atoms with Crippen LogP contribution in [0.5, 0.6) is 0 Å². The summed E-state index contributed by atoms with van der Waals surface area (Å²) < 4.78 is 7.86. The Hall–Kier alpha value is -5.48. The maximum atomic E-state index is 13.8. The lowest BCUT2D eigenvalue weighted by Gasteiger charge is -2.27. The van der Waals surface area contributed by atoms with Gasteiger partial charge >= 0.3 is 0 Å². The van der Waals surface area contributed by atoms with Crippen molar-refractivity contribution in [3.8, 4) is 23.2 Å². The summed E-state index contributed by atoms with van der Waals surface area (Å²) in [5, 5.41) is 15.6. The topological polar surface area (TPSA) is 92.1 Å². The minimum absolute atomic E-state index is 0.0568. The number of amides is 2. The fraction of sp³-hybridized carbons (Fsp3) is 0.0909. The summed E-state index contributed by atoms with van der Waals surface area (Å²) in [7, 11) is 0. The highest BCUT2D eigenvalue weighted by atomic mass is 16.3. The molecule has 3 aromatic carbocycles. The first-order valence-corrected chi connectivity index (χ1v) is 12.8. The quantitative estimate of drug-likeness (QED) is 0.196. The summed E-state index contributed by atoms with van der Waals surface area (Å²) in [6.07, 6.45) is 3.51. The Morgan fingerprint density at radius 3 is 2.38 bits per heavy atom. The van der Waals surface area contributed by atoms with E-state index < -0.39 is 11.8 Å². The molecular formula is C33H24N4O3. The summed E-state index contributed by atoms with van der Waals surface area (Å²) in [5.74, 6) is -0.522. The van der Waals surface area contributed by atoms with Gasteiger partial charge in [-0.25, -0.2) is 4.68 Å². The Morgan fingerprint density at radius 1 is 0.925 bits per heavy atom. The second-order valence-corrected chi connectivity index (χ2v) is 9.71. The van der Waals surface area contributed by atoms with Gasteiger partial charge in [0.05, 0.1) is 12.2 Å². The molecule has 6 rings (SSSR count). The Balaban J connectivity index is 1.50. The largest absolute Gasteiger partial charge is 0.454 e. The molecule has 0 aliphatic carbocycles. The van der Waals surface area contributed by atoms with Crippen molar-refractivity contribution in [2.24, 2.45) is 0 Å². The zero-order chi connectivity index (χ0) is 27.8. The second kappa shape index (κ2) is 10.0. The first-order valence-electron chi connectivity index (χ1n) is 12.8. The molecule has 2 aromatic heterocycles. The van der Waals surface area contributed by atoms with Crippen molar-refractivity contribution in [3.05, 3.63) is 125 Å².